The zero-order valence-electron chi connectivity index (χ0n) is 15.4. The van der Waals surface area contributed by atoms with Gasteiger partial charge in [0.15, 0.2) is 0 Å². The van der Waals surface area contributed by atoms with Gasteiger partial charge < -0.3 is 19.7 Å². The normalized spacial score (nSPS) is 16.6. The van der Waals surface area contributed by atoms with E-state index in [1.54, 1.807) is 0 Å². The molecular formula is C21H28N2O2. The van der Waals surface area contributed by atoms with Crippen molar-refractivity contribution in [3.63, 3.8) is 0 Å². The second-order valence-electron chi connectivity index (χ2n) is 6.65. The number of nitrogens with one attached hydrogen (secondary N) is 1. The van der Waals surface area contributed by atoms with Crippen LogP contribution in [0, 0.1) is 0 Å². The van der Waals surface area contributed by atoms with Crippen LogP contribution in [-0.4, -0.2) is 45.3 Å². The SMILES string of the molecule is CCOc1cccc(C2NCCc3cc(OCCN(C)C)ccc32)c1. The summed E-state index contributed by atoms with van der Waals surface area (Å²) in [5, 5.41) is 3.64. The summed E-state index contributed by atoms with van der Waals surface area (Å²) in [7, 11) is 4.12. The van der Waals surface area contributed by atoms with E-state index in [-0.39, 0.29) is 6.04 Å². The predicted octanol–water partition coefficient (Wildman–Crippen LogP) is 3.26. The molecule has 3 rings (SSSR count). The Kier molecular flexibility index (Phi) is 5.95. The van der Waals surface area contributed by atoms with Crippen molar-refractivity contribution in [3.8, 4) is 11.5 Å². The Morgan fingerprint density at radius 2 is 1.92 bits per heavy atom. The van der Waals surface area contributed by atoms with E-state index in [0.29, 0.717) is 13.2 Å². The molecule has 4 heteroatoms. The van der Waals surface area contributed by atoms with Crippen molar-refractivity contribution in [2.75, 3.05) is 40.4 Å². The molecule has 0 spiro atoms. The van der Waals surface area contributed by atoms with Gasteiger partial charge in [0.1, 0.15) is 18.1 Å². The molecule has 0 bridgehead atoms. The van der Waals surface area contributed by atoms with Gasteiger partial charge in [-0.15, -0.1) is 0 Å². The summed E-state index contributed by atoms with van der Waals surface area (Å²) in [6, 6.07) is 15.1. The van der Waals surface area contributed by atoms with Crippen LogP contribution in [-0.2, 0) is 6.42 Å². The molecule has 0 amide bonds. The lowest BCUT2D eigenvalue weighted by Gasteiger charge is -2.28. The smallest absolute Gasteiger partial charge is 0.119 e. The van der Waals surface area contributed by atoms with Crippen LogP contribution >= 0.6 is 0 Å². The van der Waals surface area contributed by atoms with Crippen LogP contribution in [0.5, 0.6) is 11.5 Å². The van der Waals surface area contributed by atoms with Crippen molar-refractivity contribution < 1.29 is 9.47 Å². The zero-order chi connectivity index (χ0) is 17.6. The van der Waals surface area contributed by atoms with Gasteiger partial charge >= 0.3 is 0 Å². The molecule has 0 aromatic heterocycles. The number of hydrogen-bond acceptors (Lipinski definition) is 4. The van der Waals surface area contributed by atoms with Gasteiger partial charge in [0.2, 0.25) is 0 Å². The molecule has 1 aliphatic rings. The van der Waals surface area contributed by atoms with E-state index in [1.165, 1.54) is 16.7 Å². The molecular weight excluding hydrogens is 312 g/mol. The summed E-state index contributed by atoms with van der Waals surface area (Å²) in [5.74, 6) is 1.89. The third-order valence-electron chi connectivity index (χ3n) is 4.48. The summed E-state index contributed by atoms with van der Waals surface area (Å²) in [4.78, 5) is 2.13. The summed E-state index contributed by atoms with van der Waals surface area (Å²) in [6.07, 6.45) is 1.03. The highest BCUT2D eigenvalue weighted by Crippen LogP contribution is 2.32. The van der Waals surface area contributed by atoms with E-state index in [2.05, 4.69) is 60.7 Å². The predicted molar refractivity (Wildman–Crippen MR) is 102 cm³/mol. The molecule has 134 valence electrons. The molecule has 1 unspecified atom stereocenters. The fourth-order valence-corrected chi connectivity index (χ4v) is 3.23. The molecule has 0 saturated carbocycles. The third-order valence-corrected chi connectivity index (χ3v) is 4.48. The molecule has 1 N–H and O–H groups in total. The van der Waals surface area contributed by atoms with Crippen molar-refractivity contribution >= 4 is 0 Å². The maximum Gasteiger partial charge on any atom is 0.119 e. The Labute approximate surface area is 150 Å². The molecule has 0 radical (unpaired) electrons. The molecule has 1 aliphatic heterocycles. The lowest BCUT2D eigenvalue weighted by atomic mass is 9.89. The van der Waals surface area contributed by atoms with Crippen LogP contribution in [0.3, 0.4) is 0 Å². The van der Waals surface area contributed by atoms with Crippen molar-refractivity contribution in [2.24, 2.45) is 0 Å². The summed E-state index contributed by atoms with van der Waals surface area (Å²) in [6.45, 7) is 5.30. The number of fused-ring (bicyclic) bond motifs is 1. The van der Waals surface area contributed by atoms with Crippen LogP contribution in [0.4, 0.5) is 0 Å². The zero-order valence-corrected chi connectivity index (χ0v) is 15.4. The maximum absolute atomic E-state index is 5.89. The Hall–Kier alpha value is -2.04. The second-order valence-corrected chi connectivity index (χ2v) is 6.65. The Bertz CT molecular complexity index is 700. The highest BCUT2D eigenvalue weighted by Gasteiger charge is 2.22. The highest BCUT2D eigenvalue weighted by atomic mass is 16.5. The van der Waals surface area contributed by atoms with Crippen LogP contribution < -0.4 is 14.8 Å². The first-order valence-electron chi connectivity index (χ1n) is 9.04. The average molecular weight is 340 g/mol. The summed E-state index contributed by atoms with van der Waals surface area (Å²) >= 11 is 0. The minimum atomic E-state index is 0.208. The quantitative estimate of drug-likeness (QED) is 0.839. The highest BCUT2D eigenvalue weighted by molar-refractivity contribution is 5.45. The molecule has 1 atom stereocenters. The first kappa shape index (κ1) is 17.8. The standard InChI is InChI=1S/C21H28N2O2/c1-4-24-18-7-5-6-17(15-18)21-20-9-8-19(25-13-12-23(2)3)14-16(20)10-11-22-21/h5-9,14-15,21-22H,4,10-13H2,1-3H3. The van der Waals surface area contributed by atoms with Gasteiger partial charge in [-0.1, -0.05) is 18.2 Å². The lowest BCUT2D eigenvalue weighted by molar-refractivity contribution is 0.261. The summed E-state index contributed by atoms with van der Waals surface area (Å²) < 4.78 is 11.5. The van der Waals surface area contributed by atoms with E-state index in [1.807, 2.05) is 13.0 Å². The Morgan fingerprint density at radius 3 is 2.72 bits per heavy atom. The number of benzene rings is 2. The van der Waals surface area contributed by atoms with E-state index in [4.69, 9.17) is 9.47 Å². The summed E-state index contributed by atoms with van der Waals surface area (Å²) in [5.41, 5.74) is 3.95. The number of likely N-dealkylation sites (N-methyl/N-ethyl adjacent to an activating group) is 1. The molecule has 0 fully saturated rings. The van der Waals surface area contributed by atoms with Crippen LogP contribution in [0.2, 0.25) is 0 Å². The molecule has 0 saturated heterocycles. The fourth-order valence-electron chi connectivity index (χ4n) is 3.23. The van der Waals surface area contributed by atoms with Crippen LogP contribution in [0.25, 0.3) is 0 Å². The van der Waals surface area contributed by atoms with E-state index in [9.17, 15) is 0 Å². The first-order chi connectivity index (χ1) is 12.2. The third kappa shape index (κ3) is 4.53. The van der Waals surface area contributed by atoms with Crippen LogP contribution in [0.1, 0.15) is 29.7 Å². The van der Waals surface area contributed by atoms with Crippen molar-refractivity contribution in [3.05, 3.63) is 59.2 Å². The number of rotatable bonds is 7. The van der Waals surface area contributed by atoms with Gasteiger partial charge in [-0.25, -0.2) is 0 Å². The van der Waals surface area contributed by atoms with Gasteiger partial charge in [-0.2, -0.15) is 0 Å². The fraction of sp³-hybridized carbons (Fsp3) is 0.429. The van der Waals surface area contributed by atoms with Gasteiger partial charge in [-0.05, 0) is 68.4 Å². The molecule has 4 nitrogen and oxygen atoms in total. The minimum absolute atomic E-state index is 0.208. The number of ether oxygens (including phenoxy) is 2. The topological polar surface area (TPSA) is 33.7 Å². The van der Waals surface area contributed by atoms with Crippen molar-refractivity contribution in [2.45, 2.75) is 19.4 Å². The number of nitrogens with zero attached hydrogens (tertiary/aromatic N) is 1. The van der Waals surface area contributed by atoms with Crippen LogP contribution in [0.15, 0.2) is 42.5 Å². The van der Waals surface area contributed by atoms with Crippen molar-refractivity contribution in [1.82, 2.24) is 10.2 Å². The average Bonchev–Trinajstić information content (AvgIpc) is 2.61. The molecule has 2 aromatic rings. The van der Waals surface area contributed by atoms with E-state index in [0.717, 1.165) is 31.0 Å². The van der Waals surface area contributed by atoms with Gasteiger partial charge in [-0.3, -0.25) is 0 Å². The Morgan fingerprint density at radius 1 is 1.08 bits per heavy atom. The second kappa shape index (κ2) is 8.37. The Balaban J connectivity index is 1.79. The monoisotopic (exact) mass is 340 g/mol. The molecule has 25 heavy (non-hydrogen) atoms. The number of hydrogen-bond donors (Lipinski definition) is 1. The van der Waals surface area contributed by atoms with Gasteiger partial charge in [0.05, 0.1) is 12.6 Å². The molecule has 1 heterocycles. The maximum atomic E-state index is 5.89. The molecule has 0 aliphatic carbocycles. The van der Waals surface area contributed by atoms with E-state index >= 15 is 0 Å². The van der Waals surface area contributed by atoms with E-state index < -0.39 is 0 Å². The lowest BCUT2D eigenvalue weighted by Crippen LogP contribution is -2.30. The first-order valence-corrected chi connectivity index (χ1v) is 9.04. The minimum Gasteiger partial charge on any atom is -0.494 e. The largest absolute Gasteiger partial charge is 0.494 e. The van der Waals surface area contributed by atoms with Crippen molar-refractivity contribution in [1.29, 1.82) is 0 Å². The molecule has 2 aromatic carbocycles. The van der Waals surface area contributed by atoms with Gasteiger partial charge in [0.25, 0.3) is 0 Å². The van der Waals surface area contributed by atoms with Gasteiger partial charge in [0, 0.05) is 13.1 Å².